The second-order valence-electron chi connectivity index (χ2n) is 6.30. The fraction of sp³-hybridized carbons (Fsp3) is 0.111. The minimum absolute atomic E-state index is 0.0124. The number of nitrogens with one attached hydrogen (secondary N) is 1. The summed E-state index contributed by atoms with van der Waals surface area (Å²) in [7, 11) is 1.32. The molecule has 3 aromatic heterocycles. The molecule has 7 nitrogen and oxygen atoms in total. The highest BCUT2D eigenvalue weighted by Crippen LogP contribution is 2.35. The van der Waals surface area contributed by atoms with E-state index in [9.17, 15) is 27.2 Å². The number of aryl methyl sites for hydroxylation is 1. The Morgan fingerprint density at radius 3 is 2.33 bits per heavy atom. The van der Waals surface area contributed by atoms with Crippen molar-refractivity contribution in [1.29, 1.82) is 0 Å². The van der Waals surface area contributed by atoms with Crippen LogP contribution in [0, 0.1) is 5.82 Å². The number of hydrogen-bond donors (Lipinski definition) is 1. The van der Waals surface area contributed by atoms with Gasteiger partial charge in [0.05, 0.1) is 5.56 Å². The number of benzene rings is 1. The van der Waals surface area contributed by atoms with Crippen molar-refractivity contribution in [3.05, 3.63) is 73.9 Å². The van der Waals surface area contributed by atoms with E-state index in [-0.39, 0.29) is 22.3 Å². The third kappa shape index (κ3) is 3.07. The highest BCUT2D eigenvalue weighted by molar-refractivity contribution is 6.30. The Balaban J connectivity index is 2.13. The number of pyridine rings is 1. The molecular formula is C18H10ClF4N5O2. The molecule has 0 saturated heterocycles. The van der Waals surface area contributed by atoms with Gasteiger partial charge in [0.25, 0.3) is 5.56 Å². The van der Waals surface area contributed by atoms with E-state index in [1.165, 1.54) is 31.3 Å². The van der Waals surface area contributed by atoms with Crippen molar-refractivity contribution >= 4 is 17.2 Å². The second-order valence-corrected chi connectivity index (χ2v) is 6.74. The molecule has 4 aromatic rings. The Kier molecular flexibility index (Phi) is 4.49. The Morgan fingerprint density at radius 1 is 1.07 bits per heavy atom. The topological polar surface area (TPSA) is 85.0 Å². The molecule has 30 heavy (non-hydrogen) atoms. The zero-order chi connectivity index (χ0) is 21.8. The Labute approximate surface area is 169 Å². The molecule has 0 aliphatic rings. The number of halogens is 5. The van der Waals surface area contributed by atoms with Gasteiger partial charge in [0.1, 0.15) is 0 Å². The number of rotatable bonds is 2. The largest absolute Gasteiger partial charge is 0.436 e. The zero-order valence-electron chi connectivity index (χ0n) is 15.0. The summed E-state index contributed by atoms with van der Waals surface area (Å²) in [6.45, 7) is 0. The van der Waals surface area contributed by atoms with E-state index in [1.54, 1.807) is 0 Å². The summed E-state index contributed by atoms with van der Waals surface area (Å²) >= 11 is 5.89. The maximum atomic E-state index is 14.2. The quantitative estimate of drug-likeness (QED) is 0.486. The molecule has 0 bridgehead atoms. The number of aromatic nitrogens is 5. The molecule has 0 radical (unpaired) electrons. The van der Waals surface area contributed by atoms with E-state index in [4.69, 9.17) is 11.6 Å². The van der Waals surface area contributed by atoms with Crippen LogP contribution < -0.4 is 11.2 Å². The molecule has 12 heteroatoms. The molecular weight excluding hydrogens is 430 g/mol. The summed E-state index contributed by atoms with van der Waals surface area (Å²) in [5.74, 6) is -1.63. The lowest BCUT2D eigenvalue weighted by atomic mass is 9.97. The fourth-order valence-corrected chi connectivity index (χ4v) is 3.27. The van der Waals surface area contributed by atoms with Crippen LogP contribution in [0.3, 0.4) is 0 Å². The SMILES string of the molecule is Cn1c(=O)c(-c2ccc(Cl)cc2)c(-c2cnc(C(F)(F)F)c(F)c2)c2n[nH]c(=O)n21. The predicted molar refractivity (Wildman–Crippen MR) is 99.7 cm³/mol. The molecule has 0 atom stereocenters. The van der Waals surface area contributed by atoms with Gasteiger partial charge >= 0.3 is 11.9 Å². The third-order valence-electron chi connectivity index (χ3n) is 4.46. The summed E-state index contributed by atoms with van der Waals surface area (Å²) in [4.78, 5) is 28.4. The molecule has 0 amide bonds. The Morgan fingerprint density at radius 2 is 1.73 bits per heavy atom. The highest BCUT2D eigenvalue weighted by atomic mass is 35.5. The minimum atomic E-state index is -4.99. The van der Waals surface area contributed by atoms with Crippen LogP contribution in [0.2, 0.25) is 5.02 Å². The van der Waals surface area contributed by atoms with Gasteiger partial charge in [-0.2, -0.15) is 22.8 Å². The first-order chi connectivity index (χ1) is 14.1. The van der Waals surface area contributed by atoms with Crippen molar-refractivity contribution in [3.8, 4) is 22.3 Å². The molecule has 0 aliphatic carbocycles. The van der Waals surface area contributed by atoms with Crippen LogP contribution in [0.1, 0.15) is 5.69 Å². The van der Waals surface area contributed by atoms with Gasteiger partial charge in [0, 0.05) is 29.4 Å². The van der Waals surface area contributed by atoms with E-state index in [0.717, 1.165) is 15.4 Å². The third-order valence-corrected chi connectivity index (χ3v) is 4.72. The number of aromatic amines is 1. The van der Waals surface area contributed by atoms with Crippen LogP contribution in [-0.2, 0) is 13.2 Å². The lowest BCUT2D eigenvalue weighted by molar-refractivity contribution is -0.143. The highest BCUT2D eigenvalue weighted by Gasteiger charge is 2.36. The first-order valence-electron chi connectivity index (χ1n) is 8.29. The van der Waals surface area contributed by atoms with Crippen LogP contribution in [0.5, 0.6) is 0 Å². The second kappa shape index (κ2) is 6.80. The van der Waals surface area contributed by atoms with E-state index < -0.39 is 28.9 Å². The van der Waals surface area contributed by atoms with Crippen LogP contribution in [0.25, 0.3) is 27.9 Å². The van der Waals surface area contributed by atoms with Gasteiger partial charge in [-0.25, -0.2) is 23.9 Å². The number of H-pyrrole nitrogens is 1. The normalized spacial score (nSPS) is 11.9. The van der Waals surface area contributed by atoms with Crippen molar-refractivity contribution in [1.82, 2.24) is 24.4 Å². The first kappa shape index (κ1) is 19.8. The summed E-state index contributed by atoms with van der Waals surface area (Å²) in [5, 5.41) is 6.43. The van der Waals surface area contributed by atoms with E-state index >= 15 is 0 Å². The molecule has 0 aliphatic heterocycles. The van der Waals surface area contributed by atoms with Gasteiger partial charge in [-0.1, -0.05) is 23.7 Å². The number of alkyl halides is 3. The average Bonchev–Trinajstić information content (AvgIpc) is 3.05. The van der Waals surface area contributed by atoms with Crippen molar-refractivity contribution in [2.75, 3.05) is 0 Å². The predicted octanol–water partition coefficient (Wildman–Crippen LogP) is 3.26. The van der Waals surface area contributed by atoms with Gasteiger partial charge in [-0.3, -0.25) is 4.79 Å². The smallest absolute Gasteiger partial charge is 0.267 e. The maximum Gasteiger partial charge on any atom is 0.436 e. The van der Waals surface area contributed by atoms with Gasteiger partial charge in [-0.05, 0) is 23.8 Å². The van der Waals surface area contributed by atoms with E-state index in [1.807, 2.05) is 0 Å². The van der Waals surface area contributed by atoms with Gasteiger partial charge in [-0.15, -0.1) is 0 Å². The van der Waals surface area contributed by atoms with Crippen LogP contribution in [0.15, 0.2) is 46.1 Å². The first-order valence-corrected chi connectivity index (χ1v) is 8.67. The molecule has 0 fully saturated rings. The van der Waals surface area contributed by atoms with Crippen LogP contribution in [-0.4, -0.2) is 24.4 Å². The molecule has 0 unspecified atom stereocenters. The average molecular weight is 440 g/mol. The molecule has 4 rings (SSSR count). The van der Waals surface area contributed by atoms with E-state index in [2.05, 4.69) is 15.2 Å². The van der Waals surface area contributed by atoms with E-state index in [0.29, 0.717) is 16.7 Å². The molecule has 0 spiro atoms. The van der Waals surface area contributed by atoms with Gasteiger partial charge < -0.3 is 0 Å². The lowest BCUT2D eigenvalue weighted by Gasteiger charge is -2.14. The summed E-state index contributed by atoms with van der Waals surface area (Å²) < 4.78 is 54.8. The fourth-order valence-electron chi connectivity index (χ4n) is 3.14. The van der Waals surface area contributed by atoms with Crippen LogP contribution >= 0.6 is 11.6 Å². The lowest BCUT2D eigenvalue weighted by Crippen LogP contribution is -2.31. The van der Waals surface area contributed by atoms with Crippen molar-refractivity contribution in [2.24, 2.45) is 7.05 Å². The summed E-state index contributed by atoms with van der Waals surface area (Å²) in [6, 6.07) is 6.64. The standard InChI is InChI=1S/C18H10ClF4N5O2/c1-27-16(29)13(8-2-4-10(19)5-3-8)12(15-25-26-17(30)28(15)27)9-6-11(20)14(24-7-9)18(21,22)23/h2-7H,1H3,(H,26,30). The number of nitrogens with zero attached hydrogens (tertiary/aromatic N) is 4. The molecule has 1 aromatic carbocycles. The van der Waals surface area contributed by atoms with Crippen molar-refractivity contribution < 1.29 is 17.6 Å². The zero-order valence-corrected chi connectivity index (χ0v) is 15.7. The Hall–Kier alpha value is -3.47. The van der Waals surface area contributed by atoms with Crippen molar-refractivity contribution in [2.45, 2.75) is 6.18 Å². The molecule has 3 heterocycles. The molecule has 154 valence electrons. The summed E-state index contributed by atoms with van der Waals surface area (Å²) in [5.41, 5.74) is -3.09. The molecule has 1 N–H and O–H groups in total. The number of fused-ring (bicyclic) bond motifs is 1. The molecule has 0 saturated carbocycles. The van der Waals surface area contributed by atoms with Gasteiger partial charge in [0.15, 0.2) is 17.2 Å². The van der Waals surface area contributed by atoms with Crippen molar-refractivity contribution in [3.63, 3.8) is 0 Å². The van der Waals surface area contributed by atoms with Gasteiger partial charge in [0.2, 0.25) is 0 Å². The maximum absolute atomic E-state index is 14.2. The monoisotopic (exact) mass is 439 g/mol. The number of hydrogen-bond acceptors (Lipinski definition) is 4. The Bertz CT molecular complexity index is 1400. The summed E-state index contributed by atoms with van der Waals surface area (Å²) in [6.07, 6.45) is -4.22. The van der Waals surface area contributed by atoms with Crippen LogP contribution in [0.4, 0.5) is 17.6 Å². The minimum Gasteiger partial charge on any atom is -0.267 e.